The Morgan fingerprint density at radius 1 is 1.42 bits per heavy atom. The number of aromatic amines is 1. The number of H-pyrrole nitrogens is 1. The zero-order valence-corrected chi connectivity index (χ0v) is 14.3. The maximum Gasteiger partial charge on any atom is 0.410 e. The van der Waals surface area contributed by atoms with Crippen LogP contribution in [0.2, 0.25) is 0 Å². The highest BCUT2D eigenvalue weighted by Crippen LogP contribution is 2.52. The quantitative estimate of drug-likeness (QED) is 0.930. The Kier molecular flexibility index (Phi) is 3.58. The molecule has 0 bridgehead atoms. The van der Waals surface area contributed by atoms with E-state index in [2.05, 4.69) is 26.9 Å². The molecular weight excluding hydrogens is 306 g/mol. The van der Waals surface area contributed by atoms with Gasteiger partial charge in [0.25, 0.3) is 0 Å². The van der Waals surface area contributed by atoms with Crippen molar-refractivity contribution in [2.45, 2.75) is 20.0 Å². The van der Waals surface area contributed by atoms with Crippen molar-refractivity contribution in [3.8, 4) is 0 Å². The number of anilines is 1. The first kappa shape index (κ1) is 15.2. The molecule has 128 valence electrons. The van der Waals surface area contributed by atoms with Crippen LogP contribution < -0.4 is 4.90 Å². The van der Waals surface area contributed by atoms with Crippen molar-refractivity contribution in [2.24, 2.45) is 17.8 Å². The minimum absolute atomic E-state index is 0.0575. The van der Waals surface area contributed by atoms with E-state index in [1.807, 2.05) is 31.0 Å². The number of rotatable bonds is 4. The lowest BCUT2D eigenvalue weighted by Crippen LogP contribution is -2.35. The van der Waals surface area contributed by atoms with Crippen LogP contribution >= 0.6 is 0 Å². The molecule has 0 unspecified atom stereocenters. The van der Waals surface area contributed by atoms with Gasteiger partial charge >= 0.3 is 6.09 Å². The summed E-state index contributed by atoms with van der Waals surface area (Å²) in [7, 11) is 2.08. The molecule has 24 heavy (non-hydrogen) atoms. The molecule has 1 saturated carbocycles. The van der Waals surface area contributed by atoms with Crippen LogP contribution in [0, 0.1) is 17.8 Å². The van der Waals surface area contributed by atoms with Gasteiger partial charge in [-0.2, -0.15) is 0 Å². The highest BCUT2D eigenvalue weighted by Gasteiger charge is 2.57. The van der Waals surface area contributed by atoms with Crippen LogP contribution in [0.3, 0.4) is 0 Å². The number of hydrogen-bond donors (Lipinski definition) is 1. The van der Waals surface area contributed by atoms with Crippen LogP contribution in [-0.2, 0) is 4.74 Å². The van der Waals surface area contributed by atoms with Crippen molar-refractivity contribution in [3.63, 3.8) is 0 Å². The normalized spacial score (nSPS) is 25.2. The fourth-order valence-corrected chi connectivity index (χ4v) is 3.91. The maximum absolute atomic E-state index is 12.0. The van der Waals surface area contributed by atoms with Crippen molar-refractivity contribution in [3.05, 3.63) is 18.6 Å². The number of ether oxygens (including phenoxy) is 1. The Hall–Kier alpha value is -2.31. The molecule has 0 aromatic carbocycles. The first-order chi connectivity index (χ1) is 11.5. The molecule has 1 aliphatic carbocycles. The fraction of sp³-hybridized carbons (Fsp3) is 0.588. The minimum atomic E-state index is -0.172. The molecule has 1 saturated heterocycles. The predicted molar refractivity (Wildman–Crippen MR) is 90.8 cm³/mol. The number of amides is 1. The second-order valence-electron chi connectivity index (χ2n) is 7.15. The molecule has 2 aliphatic rings. The zero-order chi connectivity index (χ0) is 16.8. The van der Waals surface area contributed by atoms with Gasteiger partial charge in [0.05, 0.1) is 11.5 Å². The molecular formula is C17H23N5O2. The van der Waals surface area contributed by atoms with Crippen molar-refractivity contribution >= 4 is 22.9 Å². The van der Waals surface area contributed by atoms with Gasteiger partial charge in [-0.15, -0.1) is 0 Å². The average molecular weight is 329 g/mol. The van der Waals surface area contributed by atoms with E-state index in [1.165, 1.54) is 0 Å². The first-order valence-corrected chi connectivity index (χ1v) is 8.49. The molecule has 0 spiro atoms. The van der Waals surface area contributed by atoms with Crippen molar-refractivity contribution in [1.82, 2.24) is 19.9 Å². The summed E-state index contributed by atoms with van der Waals surface area (Å²) in [5.74, 6) is 2.77. The largest absolute Gasteiger partial charge is 0.447 e. The number of aromatic nitrogens is 3. The summed E-state index contributed by atoms with van der Waals surface area (Å²) in [6.07, 6.45) is 3.26. The number of piperidine rings is 1. The lowest BCUT2D eigenvalue weighted by atomic mass is 10.2. The highest BCUT2D eigenvalue weighted by molar-refractivity contribution is 5.87. The van der Waals surface area contributed by atoms with E-state index in [0.29, 0.717) is 17.8 Å². The summed E-state index contributed by atoms with van der Waals surface area (Å²) in [5, 5.41) is 1.05. The van der Waals surface area contributed by atoms with E-state index in [-0.39, 0.29) is 12.2 Å². The average Bonchev–Trinajstić information content (AvgIpc) is 2.98. The Labute approximate surface area is 141 Å². The van der Waals surface area contributed by atoms with E-state index in [9.17, 15) is 4.79 Å². The van der Waals surface area contributed by atoms with E-state index in [0.717, 1.165) is 36.5 Å². The molecule has 7 heteroatoms. The minimum Gasteiger partial charge on any atom is -0.447 e. The molecule has 4 rings (SSSR count). The van der Waals surface area contributed by atoms with Crippen LogP contribution in [0.4, 0.5) is 10.6 Å². The van der Waals surface area contributed by atoms with E-state index < -0.39 is 0 Å². The Morgan fingerprint density at radius 2 is 2.17 bits per heavy atom. The number of carbonyl (C=O) groups is 1. The molecule has 1 amide bonds. The summed E-state index contributed by atoms with van der Waals surface area (Å²) in [6, 6.07) is 2.01. The van der Waals surface area contributed by atoms with Gasteiger partial charge < -0.3 is 19.5 Å². The molecule has 2 atom stereocenters. The van der Waals surface area contributed by atoms with Gasteiger partial charge in [-0.3, -0.25) is 0 Å². The summed E-state index contributed by atoms with van der Waals surface area (Å²) in [4.78, 5) is 27.8. The third-order valence-corrected chi connectivity index (χ3v) is 5.15. The number of nitrogens with zero attached hydrogens (tertiary/aromatic N) is 4. The lowest BCUT2D eigenvalue weighted by Gasteiger charge is -2.23. The molecule has 2 aromatic rings. The maximum atomic E-state index is 12.0. The molecule has 2 fully saturated rings. The summed E-state index contributed by atoms with van der Waals surface area (Å²) < 4.78 is 5.28. The van der Waals surface area contributed by atoms with Crippen molar-refractivity contribution in [2.75, 3.05) is 31.6 Å². The van der Waals surface area contributed by atoms with Crippen LogP contribution in [0.15, 0.2) is 18.6 Å². The smallest absolute Gasteiger partial charge is 0.410 e. The molecule has 7 nitrogen and oxygen atoms in total. The van der Waals surface area contributed by atoms with E-state index >= 15 is 0 Å². The fourth-order valence-electron chi connectivity index (χ4n) is 3.91. The summed E-state index contributed by atoms with van der Waals surface area (Å²) in [6.45, 7) is 6.36. The SMILES string of the molecule is CC(C)OC(=O)N1C[C@H]2C(CN(C)c3ncnc4[nH]ccc34)[C@@H]2C1. The third kappa shape index (κ3) is 2.57. The molecule has 3 heterocycles. The van der Waals surface area contributed by atoms with Gasteiger partial charge in [0.15, 0.2) is 0 Å². The monoisotopic (exact) mass is 329 g/mol. The van der Waals surface area contributed by atoms with Crippen molar-refractivity contribution in [1.29, 1.82) is 0 Å². The Morgan fingerprint density at radius 3 is 2.88 bits per heavy atom. The predicted octanol–water partition coefficient (Wildman–Crippen LogP) is 2.12. The third-order valence-electron chi connectivity index (χ3n) is 5.15. The second-order valence-corrected chi connectivity index (χ2v) is 7.15. The van der Waals surface area contributed by atoms with Gasteiger partial charge in [-0.05, 0) is 37.7 Å². The Balaban J connectivity index is 1.36. The van der Waals surface area contributed by atoms with Crippen LogP contribution in [-0.4, -0.2) is 58.7 Å². The summed E-state index contributed by atoms with van der Waals surface area (Å²) >= 11 is 0. The number of carbonyl (C=O) groups excluding carboxylic acids is 1. The van der Waals surface area contributed by atoms with Gasteiger partial charge in [0.1, 0.15) is 17.8 Å². The molecule has 1 aliphatic heterocycles. The lowest BCUT2D eigenvalue weighted by molar-refractivity contribution is 0.0791. The number of nitrogens with one attached hydrogen (secondary N) is 1. The standard InChI is InChI=1S/C17H23N5O2/c1-10(2)24-17(23)22-7-13-12(14(13)8-22)6-21(3)16-11-4-5-18-15(11)19-9-20-16/h4-5,9-10,12-14H,6-8H2,1-3H3,(H,18,19,20)/t13-,14-/m0/s1. The summed E-state index contributed by atoms with van der Waals surface area (Å²) in [5.41, 5.74) is 0.866. The first-order valence-electron chi connectivity index (χ1n) is 8.49. The molecule has 2 aromatic heterocycles. The van der Waals surface area contributed by atoms with Gasteiger partial charge in [-0.1, -0.05) is 0 Å². The Bertz CT molecular complexity index is 746. The van der Waals surface area contributed by atoms with Crippen LogP contribution in [0.25, 0.3) is 11.0 Å². The van der Waals surface area contributed by atoms with Gasteiger partial charge in [0.2, 0.25) is 0 Å². The van der Waals surface area contributed by atoms with E-state index in [4.69, 9.17) is 4.74 Å². The molecule has 1 N–H and O–H groups in total. The topological polar surface area (TPSA) is 74.3 Å². The van der Waals surface area contributed by atoms with Crippen LogP contribution in [0.1, 0.15) is 13.8 Å². The van der Waals surface area contributed by atoms with Gasteiger partial charge in [-0.25, -0.2) is 14.8 Å². The van der Waals surface area contributed by atoms with Gasteiger partial charge in [0, 0.05) is 32.9 Å². The van der Waals surface area contributed by atoms with Crippen LogP contribution in [0.5, 0.6) is 0 Å². The number of hydrogen-bond acceptors (Lipinski definition) is 5. The second kappa shape index (κ2) is 5.65. The number of likely N-dealkylation sites (tertiary alicyclic amines) is 1. The van der Waals surface area contributed by atoms with Crippen molar-refractivity contribution < 1.29 is 9.53 Å². The molecule has 0 radical (unpaired) electrons. The number of fused-ring (bicyclic) bond motifs is 2. The zero-order valence-electron chi connectivity index (χ0n) is 14.3. The highest BCUT2D eigenvalue weighted by atomic mass is 16.6. The van der Waals surface area contributed by atoms with E-state index in [1.54, 1.807) is 6.33 Å².